The first-order valence-electron chi connectivity index (χ1n) is 8.32. The lowest BCUT2D eigenvalue weighted by Gasteiger charge is -2.51. The summed E-state index contributed by atoms with van der Waals surface area (Å²) in [5.74, 6) is 0. The highest BCUT2D eigenvalue weighted by atomic mass is 35.5. The van der Waals surface area contributed by atoms with Crippen LogP contribution in [0.1, 0.15) is 0 Å². The van der Waals surface area contributed by atoms with Crippen LogP contribution in [-0.2, 0) is 14.2 Å². The molecule has 7 nitrogen and oxygen atoms in total. The van der Waals surface area contributed by atoms with Crippen molar-refractivity contribution in [3.05, 3.63) is 0 Å². The zero-order valence-electron chi connectivity index (χ0n) is 14.3. The monoisotopic (exact) mass is 368 g/mol. The summed E-state index contributed by atoms with van der Waals surface area (Å²) in [6.07, 6.45) is 0. The van der Waals surface area contributed by atoms with Gasteiger partial charge < -0.3 is 26.6 Å². The molecule has 3 aliphatic heterocycles. The lowest BCUT2D eigenvalue weighted by molar-refractivity contribution is -0.00000781. The van der Waals surface area contributed by atoms with Gasteiger partial charge in [0.1, 0.15) is 0 Å². The molecule has 0 amide bonds. The third-order valence-corrected chi connectivity index (χ3v) is 9.19. The second-order valence-electron chi connectivity index (χ2n) is 6.08. The van der Waals surface area contributed by atoms with Gasteiger partial charge in [-0.3, -0.25) is 0 Å². The molecule has 23 heavy (non-hydrogen) atoms. The van der Waals surface area contributed by atoms with Crippen LogP contribution in [0.2, 0.25) is 0 Å². The van der Waals surface area contributed by atoms with Crippen LogP contribution >= 0.6 is 7.87 Å². The van der Waals surface area contributed by atoms with Crippen LogP contribution in [0, 0.1) is 0 Å². The first kappa shape index (κ1) is 19.8. The molecule has 0 radical (unpaired) electrons. The molecule has 136 valence electrons. The number of hydrogen-bond acceptors (Lipinski definition) is 7. The molecule has 3 rings (SSSR count). The van der Waals surface area contributed by atoms with Crippen molar-refractivity contribution >= 4 is 7.87 Å². The predicted molar refractivity (Wildman–Crippen MR) is 87.8 cm³/mol. The first-order chi connectivity index (χ1) is 10.8. The fraction of sp³-hybridized carbons (Fsp3) is 1.00. The highest BCUT2D eigenvalue weighted by Crippen LogP contribution is 2.69. The molecule has 0 saturated carbocycles. The molecule has 0 bridgehead atoms. The highest BCUT2D eigenvalue weighted by molar-refractivity contribution is 7.66. The molecule has 3 fully saturated rings. The Morgan fingerprint density at radius 2 is 0.870 bits per heavy atom. The summed E-state index contributed by atoms with van der Waals surface area (Å²) in [6, 6.07) is 0. The number of nitrogens with zero attached hydrogens (tertiary/aromatic N) is 4. The zero-order valence-corrected chi connectivity index (χ0v) is 16.0. The van der Waals surface area contributed by atoms with E-state index in [1.165, 1.54) is 0 Å². The van der Waals surface area contributed by atoms with E-state index >= 15 is 0 Å². The van der Waals surface area contributed by atoms with Crippen molar-refractivity contribution in [3.63, 3.8) is 0 Å². The topological polar surface area (TPSA) is 40.7 Å². The van der Waals surface area contributed by atoms with Crippen molar-refractivity contribution in [2.45, 2.75) is 0 Å². The van der Waals surface area contributed by atoms with Crippen molar-refractivity contribution in [1.82, 2.24) is 18.7 Å². The van der Waals surface area contributed by atoms with Gasteiger partial charge >= 0.3 is 7.87 Å². The average Bonchev–Trinajstić information content (AvgIpc) is 2.58. The van der Waals surface area contributed by atoms with E-state index in [1.807, 2.05) is 0 Å². The minimum absolute atomic E-state index is 0. The van der Waals surface area contributed by atoms with E-state index < -0.39 is 7.87 Å². The molecule has 0 unspecified atom stereocenters. The third kappa shape index (κ3) is 4.00. The molecular weight excluding hydrogens is 339 g/mol. The molecule has 0 N–H and O–H groups in total. The van der Waals surface area contributed by atoms with Crippen LogP contribution in [-0.4, -0.2) is 112 Å². The molecular formula is C14H30ClN4O3P. The van der Waals surface area contributed by atoms with Crippen molar-refractivity contribution in [2.75, 3.05) is 93.0 Å². The Hall–Kier alpha value is 0.440. The van der Waals surface area contributed by atoms with E-state index in [0.717, 1.165) is 78.9 Å². The third-order valence-electron chi connectivity index (χ3n) is 4.64. The Morgan fingerprint density at radius 3 is 1.09 bits per heavy atom. The Balaban J connectivity index is 0.00000192. The summed E-state index contributed by atoms with van der Waals surface area (Å²) in [6.45, 7) is 11.1. The smallest absolute Gasteiger partial charge is 0.308 e. The SMILES string of the molecule is CN(C)[P+](N1CCOCC1)(N1CCOCC1)N1CCOCC1.[Cl-]. The van der Waals surface area contributed by atoms with Gasteiger partial charge in [0, 0.05) is 14.1 Å². The predicted octanol–water partition coefficient (Wildman–Crippen LogP) is -2.77. The second kappa shape index (κ2) is 9.22. The average molecular weight is 369 g/mol. The van der Waals surface area contributed by atoms with E-state index in [1.54, 1.807) is 0 Å². The molecule has 0 aromatic rings. The molecule has 0 aromatic carbocycles. The number of ether oxygens (including phenoxy) is 3. The van der Waals surface area contributed by atoms with Gasteiger partial charge in [-0.15, -0.1) is 18.7 Å². The minimum atomic E-state index is -1.70. The summed E-state index contributed by atoms with van der Waals surface area (Å²) < 4.78 is 27.4. The zero-order chi connectivity index (χ0) is 15.4. The van der Waals surface area contributed by atoms with E-state index in [-0.39, 0.29) is 12.4 Å². The van der Waals surface area contributed by atoms with Gasteiger partial charge in [-0.25, -0.2) is 0 Å². The number of halogens is 1. The summed E-state index contributed by atoms with van der Waals surface area (Å²) in [4.78, 5) is 0. The van der Waals surface area contributed by atoms with Crippen LogP contribution in [0.4, 0.5) is 0 Å². The van der Waals surface area contributed by atoms with Gasteiger partial charge in [0.2, 0.25) is 0 Å². The van der Waals surface area contributed by atoms with E-state index in [4.69, 9.17) is 14.2 Å². The Morgan fingerprint density at radius 1 is 0.609 bits per heavy atom. The highest BCUT2D eigenvalue weighted by Gasteiger charge is 2.60. The lowest BCUT2D eigenvalue weighted by Crippen LogP contribution is -3.00. The number of hydrogen-bond donors (Lipinski definition) is 0. The van der Waals surface area contributed by atoms with Crippen molar-refractivity contribution < 1.29 is 26.6 Å². The molecule has 0 spiro atoms. The molecule has 3 saturated heterocycles. The summed E-state index contributed by atoms with van der Waals surface area (Å²) in [5.41, 5.74) is 0. The molecule has 9 heteroatoms. The van der Waals surface area contributed by atoms with Crippen LogP contribution < -0.4 is 12.4 Å². The standard InChI is InChI=1S/C14H30N4O3P.ClH/c1-15(2)22(16-3-9-19-10-4-16,17-5-11-20-12-6-17)18-7-13-21-14-8-18;/h3-14H2,1-2H3;1H/q+1;/p-1. The van der Waals surface area contributed by atoms with E-state index in [2.05, 4.69) is 32.8 Å². The number of rotatable bonds is 4. The Labute approximate surface area is 146 Å². The van der Waals surface area contributed by atoms with Gasteiger partial charge in [-0.05, 0) is 0 Å². The quantitative estimate of drug-likeness (QED) is 0.497. The summed E-state index contributed by atoms with van der Waals surface area (Å²) >= 11 is 0. The van der Waals surface area contributed by atoms with Gasteiger partial charge in [0.05, 0.1) is 78.9 Å². The van der Waals surface area contributed by atoms with E-state index in [0.29, 0.717) is 0 Å². The van der Waals surface area contributed by atoms with Gasteiger partial charge in [0.25, 0.3) is 0 Å². The van der Waals surface area contributed by atoms with Crippen molar-refractivity contribution in [1.29, 1.82) is 0 Å². The Kier molecular flexibility index (Phi) is 7.93. The maximum absolute atomic E-state index is 5.62. The van der Waals surface area contributed by atoms with Crippen LogP contribution in [0.15, 0.2) is 0 Å². The minimum Gasteiger partial charge on any atom is -1.00 e. The maximum Gasteiger partial charge on any atom is 0.308 e. The molecule has 0 aliphatic carbocycles. The molecule has 0 aromatic heterocycles. The largest absolute Gasteiger partial charge is 1.00 e. The molecule has 3 aliphatic rings. The molecule has 0 atom stereocenters. The lowest BCUT2D eigenvalue weighted by atomic mass is 10.5. The van der Waals surface area contributed by atoms with Crippen LogP contribution in [0.3, 0.4) is 0 Å². The maximum atomic E-state index is 5.62. The fourth-order valence-corrected chi connectivity index (χ4v) is 8.45. The van der Waals surface area contributed by atoms with Crippen molar-refractivity contribution in [2.24, 2.45) is 0 Å². The first-order valence-corrected chi connectivity index (χ1v) is 9.92. The van der Waals surface area contributed by atoms with Gasteiger partial charge in [-0.1, -0.05) is 0 Å². The normalized spacial score (nSPS) is 26.2. The van der Waals surface area contributed by atoms with Crippen molar-refractivity contribution in [3.8, 4) is 0 Å². The van der Waals surface area contributed by atoms with Crippen LogP contribution in [0.25, 0.3) is 0 Å². The van der Waals surface area contributed by atoms with Gasteiger partial charge in [-0.2, -0.15) is 0 Å². The van der Waals surface area contributed by atoms with Crippen LogP contribution in [0.5, 0.6) is 0 Å². The Bertz CT molecular complexity index is 303. The van der Waals surface area contributed by atoms with E-state index in [9.17, 15) is 0 Å². The fourth-order valence-electron chi connectivity index (χ4n) is 3.76. The second-order valence-corrected chi connectivity index (χ2v) is 9.65. The molecule has 3 heterocycles. The summed E-state index contributed by atoms with van der Waals surface area (Å²) in [7, 11) is 2.79. The number of morpholine rings is 3. The van der Waals surface area contributed by atoms with Gasteiger partial charge in [0.15, 0.2) is 0 Å². The summed E-state index contributed by atoms with van der Waals surface area (Å²) in [5, 5.41) is 0.